The van der Waals surface area contributed by atoms with Gasteiger partial charge in [-0.2, -0.15) is 0 Å². The van der Waals surface area contributed by atoms with Crippen LogP contribution >= 0.6 is 0 Å². The second-order valence-electron chi connectivity index (χ2n) is 7.87. The third-order valence-corrected chi connectivity index (χ3v) is 7.23. The average Bonchev–Trinajstić information content (AvgIpc) is 2.71. The van der Waals surface area contributed by atoms with Crippen molar-refractivity contribution >= 4 is 26.0 Å². The molecule has 7 nitrogen and oxygen atoms in total. The summed E-state index contributed by atoms with van der Waals surface area (Å²) in [4.78, 5) is 11.0. The molecule has 28 heavy (non-hydrogen) atoms. The Hall–Kier alpha value is -2.22. The number of likely N-dealkylation sites (tertiary alicyclic amines) is 1. The van der Waals surface area contributed by atoms with E-state index in [0.29, 0.717) is 32.2 Å². The van der Waals surface area contributed by atoms with Crippen molar-refractivity contribution < 1.29 is 4.74 Å². The van der Waals surface area contributed by atoms with Crippen LogP contribution in [0, 0.1) is 33.5 Å². The first-order chi connectivity index (χ1) is 13.4. The number of nitrogens with zero attached hydrogens (tertiary/aromatic N) is 6. The third kappa shape index (κ3) is 2.39. The molecule has 1 aromatic rings. The number of aliphatic imine (C=N–C) groups is 1. The van der Waals surface area contributed by atoms with Crippen LogP contribution < -0.4 is 4.74 Å². The van der Waals surface area contributed by atoms with Gasteiger partial charge in [-0.05, 0) is 0 Å². The molecule has 0 radical (unpaired) electrons. The molecule has 3 heterocycles. The first-order valence-electron chi connectivity index (χ1n) is 9.13. The number of fused-ring (bicyclic) bond motifs is 4. The van der Waals surface area contributed by atoms with Crippen molar-refractivity contribution in [2.45, 2.75) is 5.92 Å². The van der Waals surface area contributed by atoms with Crippen LogP contribution in [0.2, 0.25) is 0 Å². The molecule has 0 aromatic heterocycles. The molecule has 3 unspecified atom stereocenters. The molecular weight excluding hydrogens is 419 g/mol. The zero-order chi connectivity index (χ0) is 20.1. The Kier molecular flexibility index (Phi) is 4.56. The van der Waals surface area contributed by atoms with Gasteiger partial charge in [0, 0.05) is 0 Å². The summed E-state index contributed by atoms with van der Waals surface area (Å²) in [5.74, 6) is 1.07. The third-order valence-electron chi connectivity index (χ3n) is 6.00. The summed E-state index contributed by atoms with van der Waals surface area (Å²) in [7, 11) is 5.58. The van der Waals surface area contributed by atoms with Gasteiger partial charge in [0.25, 0.3) is 0 Å². The minimum absolute atomic E-state index is 0.378. The first kappa shape index (κ1) is 19.1. The molecular formula is C20H22N6OSe. The Morgan fingerprint density at radius 3 is 2.50 bits per heavy atom. The van der Waals surface area contributed by atoms with Crippen molar-refractivity contribution in [2.75, 3.05) is 47.6 Å². The molecule has 0 saturated carbocycles. The monoisotopic (exact) mass is 442 g/mol. The van der Waals surface area contributed by atoms with E-state index in [9.17, 15) is 10.5 Å². The molecule has 2 fully saturated rings. The summed E-state index contributed by atoms with van der Waals surface area (Å²) in [6.07, 6.45) is 0. The van der Waals surface area contributed by atoms with Gasteiger partial charge in [-0.25, -0.2) is 0 Å². The molecule has 0 N–H and O–H groups in total. The summed E-state index contributed by atoms with van der Waals surface area (Å²) < 4.78 is 6.47. The van der Waals surface area contributed by atoms with Crippen LogP contribution in [0.15, 0.2) is 29.3 Å². The second-order valence-corrected chi connectivity index (χ2v) is 8.68. The molecule has 144 valence electrons. The quantitative estimate of drug-likeness (QED) is 0.627. The van der Waals surface area contributed by atoms with Crippen LogP contribution in [0.5, 0.6) is 5.75 Å². The molecule has 3 atom stereocenters. The van der Waals surface area contributed by atoms with Gasteiger partial charge in [0.1, 0.15) is 0 Å². The molecule has 0 spiro atoms. The van der Waals surface area contributed by atoms with Crippen LogP contribution in [0.25, 0.3) is 0 Å². The molecule has 3 aliphatic heterocycles. The van der Waals surface area contributed by atoms with Crippen LogP contribution in [0.3, 0.4) is 0 Å². The molecule has 0 amide bonds. The van der Waals surface area contributed by atoms with Gasteiger partial charge in [-0.15, -0.1) is 0 Å². The number of piperidine rings is 2. The van der Waals surface area contributed by atoms with Crippen molar-refractivity contribution in [3.8, 4) is 17.9 Å². The van der Waals surface area contributed by atoms with E-state index in [0.717, 1.165) is 15.9 Å². The summed E-state index contributed by atoms with van der Waals surface area (Å²) in [6.45, 7) is 2.19. The van der Waals surface area contributed by atoms with E-state index >= 15 is 0 Å². The maximum absolute atomic E-state index is 10.5. The number of rotatable bonds is 2. The fraction of sp³-hybridized carbons (Fsp3) is 0.500. The standard InChI is InChI=1S/C20H22N6OSe/c1-24-10-19(8-21)16(14-6-4-5-7-15(14)27-3)20(9-22,11-24)18(28)26-13-25(2)12-23-17(19)26/h4-7,16H,10-13H2,1-3H3. The topological polar surface area (TPSA) is 78.9 Å². The fourth-order valence-corrected chi connectivity index (χ4v) is 5.83. The number of hydrogen-bond donors (Lipinski definition) is 0. The summed E-state index contributed by atoms with van der Waals surface area (Å²) in [5, 5.41) is 21.0. The zero-order valence-electron chi connectivity index (χ0n) is 16.2. The number of amidine groups is 1. The molecule has 2 saturated heterocycles. The predicted molar refractivity (Wildman–Crippen MR) is 107 cm³/mol. The van der Waals surface area contributed by atoms with Crippen LogP contribution in [0.1, 0.15) is 11.5 Å². The molecule has 1 aromatic carbocycles. The summed E-state index contributed by atoms with van der Waals surface area (Å²) in [6, 6.07) is 12.9. The van der Waals surface area contributed by atoms with E-state index in [1.54, 1.807) is 7.11 Å². The zero-order valence-corrected chi connectivity index (χ0v) is 17.9. The number of nitriles is 2. The van der Waals surface area contributed by atoms with Crippen molar-refractivity contribution in [1.29, 1.82) is 10.5 Å². The van der Waals surface area contributed by atoms with Gasteiger partial charge >= 0.3 is 173 Å². The number of para-hydroxylation sites is 1. The van der Waals surface area contributed by atoms with Gasteiger partial charge in [-0.1, -0.05) is 0 Å². The average molecular weight is 441 g/mol. The van der Waals surface area contributed by atoms with E-state index in [1.165, 1.54) is 0 Å². The Labute approximate surface area is 173 Å². The number of methoxy groups -OCH3 is 1. The van der Waals surface area contributed by atoms with E-state index < -0.39 is 10.8 Å². The predicted octanol–water partition coefficient (Wildman–Crippen LogP) is 0.617. The van der Waals surface area contributed by atoms with Crippen LogP contribution in [-0.2, 0) is 0 Å². The molecule has 8 heteroatoms. The second kappa shape index (κ2) is 6.69. The number of ether oxygens (including phenoxy) is 1. The van der Waals surface area contributed by atoms with Crippen molar-refractivity contribution in [1.82, 2.24) is 14.7 Å². The van der Waals surface area contributed by atoms with E-state index in [2.05, 4.69) is 37.5 Å². The summed E-state index contributed by atoms with van der Waals surface area (Å²) in [5.41, 5.74) is -0.948. The van der Waals surface area contributed by atoms with E-state index in [1.807, 2.05) is 43.3 Å². The summed E-state index contributed by atoms with van der Waals surface area (Å²) >= 11 is 3.18. The van der Waals surface area contributed by atoms with Crippen molar-refractivity contribution in [3.05, 3.63) is 29.8 Å². The van der Waals surface area contributed by atoms with E-state index in [-0.39, 0.29) is 5.92 Å². The first-order valence-corrected chi connectivity index (χ1v) is 9.98. The van der Waals surface area contributed by atoms with Crippen molar-refractivity contribution in [2.24, 2.45) is 15.8 Å². The van der Waals surface area contributed by atoms with Crippen LogP contribution in [-0.4, -0.2) is 88.3 Å². The van der Waals surface area contributed by atoms with E-state index in [4.69, 9.17) is 9.73 Å². The number of benzene rings is 1. The fourth-order valence-electron chi connectivity index (χ4n) is 5.04. The maximum atomic E-state index is 10.5. The molecule has 4 rings (SSSR count). The van der Waals surface area contributed by atoms with Gasteiger partial charge in [0.15, 0.2) is 0 Å². The molecule has 3 aliphatic rings. The Morgan fingerprint density at radius 1 is 1.14 bits per heavy atom. The van der Waals surface area contributed by atoms with Crippen LogP contribution in [0.4, 0.5) is 0 Å². The molecule has 2 bridgehead atoms. The van der Waals surface area contributed by atoms with Gasteiger partial charge in [0.2, 0.25) is 0 Å². The Morgan fingerprint density at radius 2 is 1.82 bits per heavy atom. The Balaban J connectivity index is 2.05. The van der Waals surface area contributed by atoms with Gasteiger partial charge in [-0.3, -0.25) is 0 Å². The minimum atomic E-state index is -0.939. The SMILES string of the molecule is COc1ccccc1C1C2(C#N)CN(C)CC1(C#N)C1=NCN(C)CN1C2=[Se]. The van der Waals surface area contributed by atoms with Crippen molar-refractivity contribution in [3.63, 3.8) is 0 Å². The normalized spacial score (nSPS) is 32.8. The van der Waals surface area contributed by atoms with Gasteiger partial charge in [0.05, 0.1) is 0 Å². The van der Waals surface area contributed by atoms with Gasteiger partial charge < -0.3 is 0 Å². The Bertz CT molecular complexity index is 949. The molecule has 0 aliphatic carbocycles. The number of hydrogen-bond acceptors (Lipinski definition) is 7.